The van der Waals surface area contributed by atoms with Crippen molar-refractivity contribution in [2.24, 2.45) is 11.3 Å². The average Bonchev–Trinajstić information content (AvgIpc) is 2.06. The monoisotopic (exact) mass is 172 g/mol. The molecule has 0 aromatic carbocycles. The van der Waals surface area contributed by atoms with E-state index >= 15 is 0 Å². The molecule has 2 rings (SSSR count). The molecule has 0 spiro atoms. The summed E-state index contributed by atoms with van der Waals surface area (Å²) >= 11 is 0. The molecule has 68 valence electrons. The van der Waals surface area contributed by atoms with Gasteiger partial charge in [-0.25, -0.2) is 0 Å². The Morgan fingerprint density at radius 2 is 2.15 bits per heavy atom. The fourth-order valence-corrected chi connectivity index (χ4v) is 2.74. The molecule has 0 unspecified atom stereocenters. The van der Waals surface area contributed by atoms with Crippen LogP contribution in [0, 0.1) is 11.3 Å². The van der Waals surface area contributed by atoms with Crippen molar-refractivity contribution < 1.29 is 24.0 Å². The molecule has 2 aliphatic rings. The summed E-state index contributed by atoms with van der Waals surface area (Å²) in [5, 5.41) is 11.2. The summed E-state index contributed by atoms with van der Waals surface area (Å²) in [4.78, 5) is 0. The van der Waals surface area contributed by atoms with Crippen molar-refractivity contribution in [1.82, 2.24) is 0 Å². The van der Waals surface area contributed by atoms with Crippen molar-refractivity contribution in [3.05, 3.63) is 11.8 Å². The molecule has 2 aliphatic carbocycles. The Morgan fingerprint density at radius 1 is 1.38 bits per heavy atom. The summed E-state index contributed by atoms with van der Waals surface area (Å²) in [6, 6.07) is 0. The van der Waals surface area contributed by atoms with Crippen LogP contribution in [0.4, 0.5) is 0 Å². The number of hydrogen-bond acceptors (Lipinski definition) is 1. The second-order valence-electron chi connectivity index (χ2n) is 4.64. The Labute approximate surface area is 92.8 Å². The van der Waals surface area contributed by atoms with Gasteiger partial charge in [-0.2, -0.15) is 0 Å². The van der Waals surface area contributed by atoms with E-state index in [1.807, 2.05) is 6.08 Å². The SMILES string of the molecule is C[C@@]12CCCC[C@H]1C=C([O-])CC2.[Li+]. The summed E-state index contributed by atoms with van der Waals surface area (Å²) in [6.07, 6.45) is 9.21. The topological polar surface area (TPSA) is 23.1 Å². The first kappa shape index (κ1) is 11.2. The fourth-order valence-electron chi connectivity index (χ4n) is 2.74. The predicted octanol–water partition coefficient (Wildman–Crippen LogP) is -0.775. The van der Waals surface area contributed by atoms with Gasteiger partial charge in [-0.1, -0.05) is 25.8 Å². The van der Waals surface area contributed by atoms with Crippen LogP contribution in [0.1, 0.15) is 45.4 Å². The van der Waals surface area contributed by atoms with E-state index in [-0.39, 0.29) is 18.9 Å². The largest absolute Gasteiger partial charge is 1.00 e. The molecule has 0 radical (unpaired) electrons. The third kappa shape index (κ3) is 2.14. The van der Waals surface area contributed by atoms with Crippen LogP contribution >= 0.6 is 0 Å². The maximum absolute atomic E-state index is 11.2. The first-order chi connectivity index (χ1) is 5.71. The summed E-state index contributed by atoms with van der Waals surface area (Å²) in [5.74, 6) is 0.992. The van der Waals surface area contributed by atoms with Gasteiger partial charge in [0.25, 0.3) is 0 Å². The van der Waals surface area contributed by atoms with Gasteiger partial charge in [0.05, 0.1) is 0 Å². The van der Waals surface area contributed by atoms with Gasteiger partial charge < -0.3 is 5.11 Å². The van der Waals surface area contributed by atoms with E-state index in [1.165, 1.54) is 25.7 Å². The first-order valence-electron chi connectivity index (χ1n) is 5.08. The molecule has 0 bridgehead atoms. The summed E-state index contributed by atoms with van der Waals surface area (Å²) in [6.45, 7) is 2.36. The van der Waals surface area contributed by atoms with Crippen LogP contribution in [0.15, 0.2) is 11.8 Å². The molecule has 1 nitrogen and oxygen atoms in total. The van der Waals surface area contributed by atoms with E-state index in [0.29, 0.717) is 17.1 Å². The van der Waals surface area contributed by atoms with E-state index in [2.05, 4.69) is 6.92 Å². The maximum Gasteiger partial charge on any atom is 1.00 e. The molecule has 0 saturated heterocycles. The van der Waals surface area contributed by atoms with Gasteiger partial charge in [-0.3, -0.25) is 0 Å². The van der Waals surface area contributed by atoms with Crippen LogP contribution < -0.4 is 24.0 Å². The van der Waals surface area contributed by atoms with Crippen LogP contribution in [0.25, 0.3) is 0 Å². The Kier molecular flexibility index (Phi) is 3.55. The van der Waals surface area contributed by atoms with E-state index in [4.69, 9.17) is 0 Å². The molecule has 0 aromatic heterocycles. The second-order valence-corrected chi connectivity index (χ2v) is 4.64. The number of fused-ring (bicyclic) bond motifs is 1. The van der Waals surface area contributed by atoms with E-state index < -0.39 is 0 Å². The van der Waals surface area contributed by atoms with Gasteiger partial charge in [-0.15, -0.1) is 5.76 Å². The zero-order chi connectivity index (χ0) is 8.60. The zero-order valence-corrected chi connectivity index (χ0v) is 8.81. The number of allylic oxidation sites excluding steroid dienone is 2. The minimum Gasteiger partial charge on any atom is -0.876 e. The minimum absolute atomic E-state index is 0. The molecule has 2 atom stereocenters. The summed E-state index contributed by atoms with van der Waals surface area (Å²) < 4.78 is 0. The molecular weight excluding hydrogens is 155 g/mol. The van der Waals surface area contributed by atoms with Crippen molar-refractivity contribution in [1.29, 1.82) is 0 Å². The molecule has 0 heterocycles. The van der Waals surface area contributed by atoms with Crippen LogP contribution in [0.3, 0.4) is 0 Å². The molecule has 0 amide bonds. The molecular formula is C11H17LiO. The van der Waals surface area contributed by atoms with Crippen LogP contribution in [-0.2, 0) is 0 Å². The standard InChI is InChI=1S/C11H18O.Li/c1-11-6-3-2-4-9(11)8-10(12)5-7-11;/h8-9,12H,2-7H2,1H3;/q;+1/p-1/t9-,11-;/m0./s1. The molecule has 0 aromatic rings. The maximum atomic E-state index is 11.2. The Morgan fingerprint density at radius 3 is 2.92 bits per heavy atom. The minimum atomic E-state index is 0. The number of rotatable bonds is 0. The number of hydrogen-bond donors (Lipinski definition) is 0. The van der Waals surface area contributed by atoms with Crippen molar-refractivity contribution >= 4 is 0 Å². The van der Waals surface area contributed by atoms with Gasteiger partial charge >= 0.3 is 18.9 Å². The van der Waals surface area contributed by atoms with Gasteiger partial charge in [0, 0.05) is 0 Å². The van der Waals surface area contributed by atoms with Crippen molar-refractivity contribution in [3.8, 4) is 0 Å². The van der Waals surface area contributed by atoms with Crippen molar-refractivity contribution in [2.75, 3.05) is 0 Å². The van der Waals surface area contributed by atoms with Gasteiger partial charge in [0.15, 0.2) is 0 Å². The predicted molar refractivity (Wildman–Crippen MR) is 47.4 cm³/mol. The Bertz CT molecular complexity index is 212. The normalized spacial score (nSPS) is 38.5. The quantitative estimate of drug-likeness (QED) is 0.440. The Balaban J connectivity index is 0.000000845. The van der Waals surface area contributed by atoms with Gasteiger partial charge in [0.2, 0.25) is 0 Å². The second kappa shape index (κ2) is 4.11. The third-order valence-electron chi connectivity index (χ3n) is 3.74. The van der Waals surface area contributed by atoms with E-state index in [0.717, 1.165) is 12.8 Å². The summed E-state index contributed by atoms with van der Waals surface area (Å²) in [5.41, 5.74) is 0.478. The van der Waals surface area contributed by atoms with Crippen molar-refractivity contribution in [3.63, 3.8) is 0 Å². The molecule has 1 saturated carbocycles. The average molecular weight is 172 g/mol. The molecule has 13 heavy (non-hydrogen) atoms. The summed E-state index contributed by atoms with van der Waals surface area (Å²) in [7, 11) is 0. The van der Waals surface area contributed by atoms with Gasteiger partial charge in [0.1, 0.15) is 0 Å². The zero-order valence-electron chi connectivity index (χ0n) is 8.81. The van der Waals surface area contributed by atoms with E-state index in [9.17, 15) is 5.11 Å². The molecule has 0 aliphatic heterocycles. The Hall–Kier alpha value is 0.137. The molecule has 2 heteroatoms. The van der Waals surface area contributed by atoms with Crippen LogP contribution in [0.2, 0.25) is 0 Å². The van der Waals surface area contributed by atoms with Crippen molar-refractivity contribution in [2.45, 2.75) is 45.4 Å². The first-order valence-corrected chi connectivity index (χ1v) is 5.08. The fraction of sp³-hybridized carbons (Fsp3) is 0.818. The van der Waals surface area contributed by atoms with Crippen LogP contribution in [0.5, 0.6) is 0 Å². The molecule has 0 N–H and O–H groups in total. The van der Waals surface area contributed by atoms with E-state index in [1.54, 1.807) is 0 Å². The smallest absolute Gasteiger partial charge is 0.876 e. The van der Waals surface area contributed by atoms with Crippen LogP contribution in [-0.4, -0.2) is 0 Å². The van der Waals surface area contributed by atoms with Gasteiger partial charge in [-0.05, 0) is 37.0 Å². The third-order valence-corrected chi connectivity index (χ3v) is 3.74. The molecule has 1 fully saturated rings.